The van der Waals surface area contributed by atoms with Crippen molar-refractivity contribution in [2.45, 2.75) is 26.4 Å². The fraction of sp³-hybridized carbons (Fsp3) is 0.571. The third-order valence-electron chi connectivity index (χ3n) is 3.61. The maximum atomic E-state index is 12.1. The molecule has 0 spiro atoms. The number of nitrogen functional groups attached to an aromatic ring is 1. The van der Waals surface area contributed by atoms with E-state index >= 15 is 0 Å². The predicted molar refractivity (Wildman–Crippen MR) is 98.2 cm³/mol. The molecule has 24 heavy (non-hydrogen) atoms. The number of hydrogen-bond donors (Lipinski definition) is 1. The molecular formula is C14H20IN7O2. The van der Waals surface area contributed by atoms with E-state index in [1.807, 2.05) is 25.8 Å². The van der Waals surface area contributed by atoms with E-state index in [0.717, 1.165) is 9.09 Å². The van der Waals surface area contributed by atoms with E-state index in [9.17, 15) is 4.79 Å². The lowest BCUT2D eigenvalue weighted by molar-refractivity contribution is 0.0231. The summed E-state index contributed by atoms with van der Waals surface area (Å²) in [6.45, 7) is 7.99. The normalized spacial score (nSPS) is 15.8. The van der Waals surface area contributed by atoms with Crippen LogP contribution in [0, 0.1) is 3.70 Å². The molecule has 9 nitrogen and oxygen atoms in total. The Bertz CT molecular complexity index is 762. The standard InChI is InChI=1S/C14H20IN7O2/c1-14(2,3)24-13(23)20-4-6-21(7-5-20)22-12-9(10(15)19-22)11(16)17-8-18-12/h8H,4-7H2,1-3H3,(H2,16,17,18). The number of nitrogens with two attached hydrogens (primary N) is 1. The highest BCUT2D eigenvalue weighted by Crippen LogP contribution is 2.23. The van der Waals surface area contributed by atoms with Gasteiger partial charge in [-0.3, -0.25) is 5.01 Å². The molecule has 1 aliphatic heterocycles. The van der Waals surface area contributed by atoms with Gasteiger partial charge in [0.15, 0.2) is 5.65 Å². The minimum atomic E-state index is -0.489. The average molecular weight is 445 g/mol. The number of rotatable bonds is 1. The highest BCUT2D eigenvalue weighted by molar-refractivity contribution is 14.1. The van der Waals surface area contributed by atoms with Crippen molar-refractivity contribution in [1.82, 2.24) is 24.8 Å². The Morgan fingerprint density at radius 3 is 2.54 bits per heavy atom. The molecule has 1 amide bonds. The molecule has 0 bridgehead atoms. The van der Waals surface area contributed by atoms with Crippen LogP contribution < -0.4 is 10.7 Å². The third-order valence-corrected chi connectivity index (χ3v) is 4.37. The lowest BCUT2D eigenvalue weighted by Crippen LogP contribution is -2.54. The van der Waals surface area contributed by atoms with Crippen LogP contribution in [-0.4, -0.2) is 62.6 Å². The van der Waals surface area contributed by atoms with Crippen molar-refractivity contribution in [2.24, 2.45) is 0 Å². The summed E-state index contributed by atoms with van der Waals surface area (Å²) in [5.41, 5.74) is 6.11. The van der Waals surface area contributed by atoms with Gasteiger partial charge in [0.2, 0.25) is 0 Å². The third kappa shape index (κ3) is 3.32. The van der Waals surface area contributed by atoms with Crippen molar-refractivity contribution >= 4 is 45.5 Å². The molecule has 1 fully saturated rings. The zero-order valence-corrected chi connectivity index (χ0v) is 16.0. The summed E-state index contributed by atoms with van der Waals surface area (Å²) >= 11 is 2.13. The number of carbonyl (C=O) groups excluding carboxylic acids is 1. The molecule has 130 valence electrons. The molecular weight excluding hydrogens is 425 g/mol. The summed E-state index contributed by atoms with van der Waals surface area (Å²) in [6.07, 6.45) is 1.15. The van der Waals surface area contributed by atoms with E-state index in [-0.39, 0.29) is 6.09 Å². The van der Waals surface area contributed by atoms with Crippen LogP contribution >= 0.6 is 22.6 Å². The number of fused-ring (bicyclic) bond motifs is 1. The van der Waals surface area contributed by atoms with Crippen molar-refractivity contribution in [3.63, 3.8) is 0 Å². The minimum Gasteiger partial charge on any atom is -0.444 e. The smallest absolute Gasteiger partial charge is 0.410 e. The molecule has 0 atom stereocenters. The van der Waals surface area contributed by atoms with Gasteiger partial charge in [0.05, 0.1) is 18.5 Å². The van der Waals surface area contributed by atoms with Crippen LogP contribution in [0.15, 0.2) is 6.33 Å². The van der Waals surface area contributed by atoms with Crippen LogP contribution in [0.5, 0.6) is 0 Å². The van der Waals surface area contributed by atoms with Gasteiger partial charge >= 0.3 is 6.09 Å². The maximum absolute atomic E-state index is 12.1. The number of nitrogens with zero attached hydrogens (tertiary/aromatic N) is 6. The molecule has 2 aromatic heterocycles. The lowest BCUT2D eigenvalue weighted by atomic mass is 10.2. The van der Waals surface area contributed by atoms with Crippen molar-refractivity contribution in [2.75, 3.05) is 36.9 Å². The summed E-state index contributed by atoms with van der Waals surface area (Å²) in [6, 6.07) is 0. The molecule has 0 saturated carbocycles. The van der Waals surface area contributed by atoms with E-state index in [4.69, 9.17) is 10.5 Å². The highest BCUT2D eigenvalue weighted by atomic mass is 127. The topological polar surface area (TPSA) is 102 Å². The van der Waals surface area contributed by atoms with Crippen LogP contribution in [0.2, 0.25) is 0 Å². The van der Waals surface area contributed by atoms with Gasteiger partial charge in [-0.25, -0.2) is 14.8 Å². The summed E-state index contributed by atoms with van der Waals surface area (Å²) in [7, 11) is 0. The highest BCUT2D eigenvalue weighted by Gasteiger charge is 2.27. The first kappa shape index (κ1) is 17.0. The summed E-state index contributed by atoms with van der Waals surface area (Å²) in [5, 5.41) is 7.31. The first-order valence-corrected chi connectivity index (χ1v) is 8.72. The SMILES string of the molecule is CC(C)(C)OC(=O)N1CCN(n2nc(I)c3c(N)ncnc32)CC1. The van der Waals surface area contributed by atoms with Crippen LogP contribution in [-0.2, 0) is 4.74 Å². The second-order valence-corrected chi connectivity index (χ2v) is 7.58. The zero-order chi connectivity index (χ0) is 17.5. The number of amides is 1. The fourth-order valence-electron chi connectivity index (χ4n) is 2.51. The Kier molecular flexibility index (Phi) is 4.40. The van der Waals surface area contributed by atoms with Gasteiger partial charge in [-0.2, -0.15) is 4.79 Å². The number of anilines is 1. The second kappa shape index (κ2) is 6.22. The molecule has 1 saturated heterocycles. The van der Waals surface area contributed by atoms with Crippen molar-refractivity contribution < 1.29 is 9.53 Å². The molecule has 2 aromatic rings. The van der Waals surface area contributed by atoms with Gasteiger partial charge < -0.3 is 15.4 Å². The van der Waals surface area contributed by atoms with Crippen LogP contribution in [0.25, 0.3) is 11.0 Å². The molecule has 3 heterocycles. The van der Waals surface area contributed by atoms with Gasteiger partial charge in [0.25, 0.3) is 0 Å². The quantitative estimate of drug-likeness (QED) is 0.659. The van der Waals surface area contributed by atoms with Crippen LogP contribution in [0.4, 0.5) is 10.6 Å². The molecule has 0 radical (unpaired) electrons. The molecule has 10 heteroatoms. The van der Waals surface area contributed by atoms with E-state index in [2.05, 4.69) is 37.7 Å². The predicted octanol–water partition coefficient (Wildman–Crippen LogP) is 1.20. The van der Waals surface area contributed by atoms with Gasteiger partial charge in [0, 0.05) is 13.1 Å². The Labute approximate surface area is 153 Å². The Hall–Kier alpha value is -1.85. The largest absolute Gasteiger partial charge is 0.444 e. The molecule has 0 aromatic carbocycles. The number of ether oxygens (including phenoxy) is 1. The van der Waals surface area contributed by atoms with Crippen molar-refractivity contribution in [1.29, 1.82) is 0 Å². The number of aromatic nitrogens is 4. The number of piperazine rings is 1. The van der Waals surface area contributed by atoms with E-state index < -0.39 is 5.60 Å². The second-order valence-electron chi connectivity index (χ2n) is 6.56. The van der Waals surface area contributed by atoms with Crippen molar-refractivity contribution in [3.8, 4) is 0 Å². The van der Waals surface area contributed by atoms with Gasteiger partial charge in [0.1, 0.15) is 21.4 Å². The fourth-order valence-corrected chi connectivity index (χ4v) is 3.23. The Morgan fingerprint density at radius 1 is 1.25 bits per heavy atom. The summed E-state index contributed by atoms with van der Waals surface area (Å²) in [4.78, 5) is 23.9. The average Bonchev–Trinajstić information content (AvgIpc) is 2.84. The van der Waals surface area contributed by atoms with E-state index in [0.29, 0.717) is 37.6 Å². The van der Waals surface area contributed by atoms with Gasteiger partial charge in [-0.15, -0.1) is 5.10 Å². The number of halogens is 1. The molecule has 3 rings (SSSR count). The minimum absolute atomic E-state index is 0.284. The number of carbonyl (C=O) groups is 1. The molecule has 0 aliphatic carbocycles. The van der Waals surface area contributed by atoms with E-state index in [1.54, 1.807) is 9.69 Å². The summed E-state index contributed by atoms with van der Waals surface area (Å²) in [5.74, 6) is 0.419. The van der Waals surface area contributed by atoms with Crippen LogP contribution in [0.3, 0.4) is 0 Å². The van der Waals surface area contributed by atoms with Gasteiger partial charge in [-0.05, 0) is 43.4 Å². The zero-order valence-electron chi connectivity index (χ0n) is 13.9. The van der Waals surface area contributed by atoms with Crippen molar-refractivity contribution in [3.05, 3.63) is 10.0 Å². The maximum Gasteiger partial charge on any atom is 0.410 e. The first-order chi connectivity index (χ1) is 11.3. The van der Waals surface area contributed by atoms with E-state index in [1.165, 1.54) is 6.33 Å². The number of hydrogen-bond acceptors (Lipinski definition) is 7. The lowest BCUT2D eigenvalue weighted by Gasteiger charge is -2.36. The molecule has 0 unspecified atom stereocenters. The van der Waals surface area contributed by atoms with Gasteiger partial charge in [-0.1, -0.05) is 0 Å². The monoisotopic (exact) mass is 445 g/mol. The first-order valence-electron chi connectivity index (χ1n) is 7.64. The molecule has 2 N–H and O–H groups in total. The Morgan fingerprint density at radius 2 is 1.92 bits per heavy atom. The molecule has 1 aliphatic rings. The van der Waals surface area contributed by atoms with Crippen LogP contribution in [0.1, 0.15) is 20.8 Å². The summed E-state index contributed by atoms with van der Waals surface area (Å²) < 4.78 is 6.18. The Balaban J connectivity index is 1.74.